The van der Waals surface area contributed by atoms with Crippen LogP contribution in [0.4, 0.5) is 0 Å². The maximum Gasteiger partial charge on any atom is 0.252 e. The van der Waals surface area contributed by atoms with Gasteiger partial charge in [-0.15, -0.1) is 6.42 Å². The van der Waals surface area contributed by atoms with E-state index in [1.165, 1.54) is 0 Å². The number of carbonyl (C=O) groups is 1. The first-order valence-electron chi connectivity index (χ1n) is 6.63. The Kier molecular flexibility index (Phi) is 4.30. The zero-order chi connectivity index (χ0) is 15.3. The van der Waals surface area contributed by atoms with Crippen LogP contribution < -0.4 is 10.1 Å². The second kappa shape index (κ2) is 6.15. The van der Waals surface area contributed by atoms with Crippen molar-refractivity contribution in [2.24, 2.45) is 0 Å². The van der Waals surface area contributed by atoms with Crippen LogP contribution in [0.15, 0.2) is 54.6 Å². The van der Waals surface area contributed by atoms with Gasteiger partial charge in [0.25, 0.3) is 5.91 Å². The summed E-state index contributed by atoms with van der Waals surface area (Å²) in [5, 5.41) is 2.78. The monoisotopic (exact) mass is 279 g/mol. The van der Waals surface area contributed by atoms with Gasteiger partial charge in [0.05, 0.1) is 5.54 Å². The van der Waals surface area contributed by atoms with E-state index >= 15 is 0 Å². The second-order valence-corrected chi connectivity index (χ2v) is 5.16. The van der Waals surface area contributed by atoms with Gasteiger partial charge in [0.2, 0.25) is 0 Å². The summed E-state index contributed by atoms with van der Waals surface area (Å²) >= 11 is 0. The van der Waals surface area contributed by atoms with E-state index < -0.39 is 5.54 Å². The molecule has 1 N–H and O–H groups in total. The minimum Gasteiger partial charge on any atom is -0.457 e. The summed E-state index contributed by atoms with van der Waals surface area (Å²) in [6.07, 6.45) is 5.36. The lowest BCUT2D eigenvalue weighted by Gasteiger charge is -2.19. The molecule has 0 aromatic heterocycles. The number of nitrogens with one attached hydrogen (secondary N) is 1. The molecule has 106 valence electrons. The fraction of sp³-hybridized carbons (Fsp3) is 0.167. The van der Waals surface area contributed by atoms with Gasteiger partial charge in [-0.2, -0.15) is 0 Å². The van der Waals surface area contributed by atoms with Crippen molar-refractivity contribution in [2.75, 3.05) is 0 Å². The highest BCUT2D eigenvalue weighted by Gasteiger charge is 2.17. The molecule has 2 aromatic rings. The maximum atomic E-state index is 12.0. The third-order valence-electron chi connectivity index (χ3n) is 2.88. The Balaban J connectivity index is 2.06. The van der Waals surface area contributed by atoms with Crippen LogP contribution >= 0.6 is 0 Å². The molecule has 0 atom stereocenters. The molecular formula is C18H17NO2. The van der Waals surface area contributed by atoms with Crippen molar-refractivity contribution in [1.82, 2.24) is 5.32 Å². The van der Waals surface area contributed by atoms with Gasteiger partial charge in [-0.1, -0.05) is 24.1 Å². The van der Waals surface area contributed by atoms with E-state index in [0.717, 1.165) is 5.75 Å². The topological polar surface area (TPSA) is 38.3 Å². The highest BCUT2D eigenvalue weighted by Crippen LogP contribution is 2.21. The zero-order valence-corrected chi connectivity index (χ0v) is 12.1. The van der Waals surface area contributed by atoms with Crippen molar-refractivity contribution < 1.29 is 9.53 Å². The van der Waals surface area contributed by atoms with Crippen molar-refractivity contribution in [3.63, 3.8) is 0 Å². The van der Waals surface area contributed by atoms with Crippen LogP contribution in [0.5, 0.6) is 11.5 Å². The Morgan fingerprint density at radius 1 is 1.05 bits per heavy atom. The summed E-state index contributed by atoms with van der Waals surface area (Å²) in [4.78, 5) is 12.0. The molecule has 0 saturated heterocycles. The largest absolute Gasteiger partial charge is 0.457 e. The Labute approximate surface area is 125 Å². The maximum absolute atomic E-state index is 12.0. The summed E-state index contributed by atoms with van der Waals surface area (Å²) in [6, 6.07) is 16.4. The predicted octanol–water partition coefficient (Wildman–Crippen LogP) is 3.62. The first kappa shape index (κ1) is 14.7. The molecule has 3 heteroatoms. The van der Waals surface area contributed by atoms with E-state index in [1.807, 2.05) is 30.3 Å². The summed E-state index contributed by atoms with van der Waals surface area (Å²) in [7, 11) is 0. The van der Waals surface area contributed by atoms with Crippen molar-refractivity contribution in [3.8, 4) is 23.8 Å². The van der Waals surface area contributed by atoms with Gasteiger partial charge in [-0.3, -0.25) is 4.79 Å². The Morgan fingerprint density at radius 3 is 2.19 bits per heavy atom. The van der Waals surface area contributed by atoms with Crippen molar-refractivity contribution in [1.29, 1.82) is 0 Å². The van der Waals surface area contributed by atoms with Crippen LogP contribution in [-0.4, -0.2) is 11.4 Å². The van der Waals surface area contributed by atoms with Crippen LogP contribution in [0.25, 0.3) is 0 Å². The minimum atomic E-state index is -0.670. The summed E-state index contributed by atoms with van der Waals surface area (Å²) in [5.74, 6) is 3.75. The first-order valence-corrected chi connectivity index (χ1v) is 6.63. The number of benzene rings is 2. The molecule has 2 aromatic carbocycles. The zero-order valence-electron chi connectivity index (χ0n) is 12.1. The normalized spacial score (nSPS) is 10.5. The standard InChI is InChI=1S/C18H17NO2/c1-4-18(2,3)19-17(20)14-10-12-16(13-11-14)21-15-8-6-5-7-9-15/h1,5-13H,2-3H3,(H,19,20). The molecule has 0 heterocycles. The van der Waals surface area contributed by atoms with Crippen LogP contribution in [0.2, 0.25) is 0 Å². The van der Waals surface area contributed by atoms with E-state index in [2.05, 4.69) is 11.2 Å². The smallest absolute Gasteiger partial charge is 0.252 e. The Morgan fingerprint density at radius 2 is 1.62 bits per heavy atom. The van der Waals surface area contributed by atoms with E-state index in [-0.39, 0.29) is 5.91 Å². The first-order chi connectivity index (χ1) is 10.00. The summed E-state index contributed by atoms with van der Waals surface area (Å²) in [5.41, 5.74) is -0.130. The molecule has 1 amide bonds. The SMILES string of the molecule is C#CC(C)(C)NC(=O)c1ccc(Oc2ccccc2)cc1. The third-order valence-corrected chi connectivity index (χ3v) is 2.88. The molecule has 0 fully saturated rings. The number of amides is 1. The minimum absolute atomic E-state index is 0.204. The molecule has 0 bridgehead atoms. The van der Waals surface area contributed by atoms with Crippen LogP contribution in [-0.2, 0) is 0 Å². The lowest BCUT2D eigenvalue weighted by Crippen LogP contribution is -2.42. The van der Waals surface area contributed by atoms with Crippen LogP contribution in [0.1, 0.15) is 24.2 Å². The molecule has 0 radical (unpaired) electrons. The second-order valence-electron chi connectivity index (χ2n) is 5.16. The third kappa shape index (κ3) is 4.12. The fourth-order valence-corrected chi connectivity index (χ4v) is 1.69. The van der Waals surface area contributed by atoms with Gasteiger partial charge in [0.15, 0.2) is 0 Å². The lowest BCUT2D eigenvalue weighted by molar-refractivity contribution is 0.0930. The Hall–Kier alpha value is -2.73. The molecule has 21 heavy (non-hydrogen) atoms. The van der Waals surface area contributed by atoms with Gasteiger partial charge in [0, 0.05) is 5.56 Å². The van der Waals surface area contributed by atoms with Crippen molar-refractivity contribution in [2.45, 2.75) is 19.4 Å². The molecule has 0 aliphatic carbocycles. The van der Waals surface area contributed by atoms with E-state index in [9.17, 15) is 4.79 Å². The number of carbonyl (C=O) groups excluding carboxylic acids is 1. The highest BCUT2D eigenvalue weighted by atomic mass is 16.5. The lowest BCUT2D eigenvalue weighted by atomic mass is 10.1. The predicted molar refractivity (Wildman–Crippen MR) is 83.3 cm³/mol. The van der Waals surface area contributed by atoms with E-state index in [4.69, 9.17) is 11.2 Å². The summed E-state index contributed by atoms with van der Waals surface area (Å²) < 4.78 is 5.67. The average Bonchev–Trinajstić information content (AvgIpc) is 2.48. The molecule has 0 saturated carbocycles. The number of ether oxygens (including phenoxy) is 1. The molecule has 3 nitrogen and oxygen atoms in total. The van der Waals surface area contributed by atoms with Crippen LogP contribution in [0.3, 0.4) is 0 Å². The number of hydrogen-bond acceptors (Lipinski definition) is 2. The van der Waals surface area contributed by atoms with Crippen molar-refractivity contribution >= 4 is 5.91 Å². The summed E-state index contributed by atoms with van der Waals surface area (Å²) in [6.45, 7) is 3.55. The highest BCUT2D eigenvalue weighted by molar-refractivity contribution is 5.95. The number of rotatable bonds is 4. The van der Waals surface area contributed by atoms with Gasteiger partial charge < -0.3 is 10.1 Å². The average molecular weight is 279 g/mol. The quantitative estimate of drug-likeness (QED) is 0.868. The van der Waals surface area contributed by atoms with Gasteiger partial charge in [-0.25, -0.2) is 0 Å². The van der Waals surface area contributed by atoms with Crippen LogP contribution in [0, 0.1) is 12.3 Å². The molecule has 0 spiro atoms. The van der Waals surface area contributed by atoms with Gasteiger partial charge >= 0.3 is 0 Å². The van der Waals surface area contributed by atoms with Gasteiger partial charge in [0.1, 0.15) is 11.5 Å². The van der Waals surface area contributed by atoms with Gasteiger partial charge in [-0.05, 0) is 50.2 Å². The van der Waals surface area contributed by atoms with Crippen molar-refractivity contribution in [3.05, 3.63) is 60.2 Å². The number of terminal acetylenes is 1. The number of hydrogen-bond donors (Lipinski definition) is 1. The Bertz CT molecular complexity index is 652. The van der Waals surface area contributed by atoms with E-state index in [0.29, 0.717) is 11.3 Å². The fourth-order valence-electron chi connectivity index (χ4n) is 1.69. The molecular weight excluding hydrogens is 262 g/mol. The van der Waals surface area contributed by atoms with E-state index in [1.54, 1.807) is 38.1 Å². The number of para-hydroxylation sites is 1. The molecule has 0 aliphatic heterocycles. The molecule has 0 aliphatic rings. The molecule has 2 rings (SSSR count). The molecule has 0 unspecified atom stereocenters.